The second-order valence-electron chi connectivity index (χ2n) is 5.27. The van der Waals surface area contributed by atoms with Gasteiger partial charge in [-0.1, -0.05) is 6.92 Å². The van der Waals surface area contributed by atoms with Gasteiger partial charge in [0.25, 0.3) is 0 Å². The molecule has 8 heteroatoms. The van der Waals surface area contributed by atoms with Crippen molar-refractivity contribution in [1.82, 2.24) is 15.5 Å². The van der Waals surface area contributed by atoms with E-state index in [-0.39, 0.29) is 0 Å². The third kappa shape index (κ3) is 4.35. The summed E-state index contributed by atoms with van der Waals surface area (Å²) in [5.74, 6) is -2.18. The lowest BCUT2D eigenvalue weighted by atomic mass is 9.97. The molecule has 8 nitrogen and oxygen atoms in total. The van der Waals surface area contributed by atoms with E-state index in [9.17, 15) is 14.4 Å². The summed E-state index contributed by atoms with van der Waals surface area (Å²) in [4.78, 5) is 41.4. The zero-order valence-electron chi connectivity index (χ0n) is 12.8. The Morgan fingerprint density at radius 2 is 1.86 bits per heavy atom. The van der Waals surface area contributed by atoms with Crippen LogP contribution in [0.1, 0.15) is 19.8 Å². The summed E-state index contributed by atoms with van der Waals surface area (Å²) in [6, 6.07) is -0.769. The maximum Gasteiger partial charge on any atom is 0.328 e. The van der Waals surface area contributed by atoms with E-state index in [1.54, 1.807) is 0 Å². The number of aliphatic imine (C=N–C) groups is 1. The Balaban J connectivity index is 1.85. The Morgan fingerprint density at radius 1 is 1.23 bits per heavy atom. The summed E-state index contributed by atoms with van der Waals surface area (Å²) >= 11 is 0. The van der Waals surface area contributed by atoms with Crippen LogP contribution in [0, 0.1) is 5.92 Å². The van der Waals surface area contributed by atoms with Gasteiger partial charge in [0.1, 0.15) is 0 Å². The van der Waals surface area contributed by atoms with Gasteiger partial charge in [-0.15, -0.1) is 0 Å². The number of carbonyl (C=O) groups is 3. The Bertz CT molecular complexity index is 451. The van der Waals surface area contributed by atoms with Crippen molar-refractivity contribution in [3.63, 3.8) is 0 Å². The maximum absolute atomic E-state index is 11.8. The first-order chi connectivity index (χ1) is 10.6. The third-order valence-electron chi connectivity index (χ3n) is 3.74. The Morgan fingerprint density at radius 3 is 2.45 bits per heavy atom. The summed E-state index contributed by atoms with van der Waals surface area (Å²) in [6.07, 6.45) is 1.36. The number of barbiturate groups is 1. The zero-order valence-corrected chi connectivity index (χ0v) is 12.8. The molecular formula is C14H22N4O4. The highest BCUT2D eigenvalue weighted by Gasteiger charge is 2.37. The van der Waals surface area contributed by atoms with Crippen LogP contribution in [0.15, 0.2) is 4.99 Å². The van der Waals surface area contributed by atoms with Gasteiger partial charge in [0.05, 0.1) is 13.2 Å². The van der Waals surface area contributed by atoms with E-state index in [0.717, 1.165) is 39.3 Å². The minimum atomic E-state index is -0.994. The molecule has 0 spiro atoms. The molecule has 0 bridgehead atoms. The molecule has 4 amide bonds. The topological polar surface area (TPSA) is 100 Å². The Labute approximate surface area is 129 Å². The lowest BCUT2D eigenvalue weighted by Crippen LogP contribution is -2.57. The van der Waals surface area contributed by atoms with Crippen LogP contribution in [-0.4, -0.2) is 67.8 Å². The van der Waals surface area contributed by atoms with Gasteiger partial charge in [-0.05, 0) is 12.8 Å². The van der Waals surface area contributed by atoms with E-state index in [1.807, 2.05) is 6.92 Å². The predicted octanol–water partition coefficient (Wildman–Crippen LogP) is -0.458. The Kier molecular flexibility index (Phi) is 6.02. The van der Waals surface area contributed by atoms with Crippen LogP contribution in [0.3, 0.4) is 0 Å². The highest BCUT2D eigenvalue weighted by molar-refractivity contribution is 6.27. The number of rotatable bonds is 6. The van der Waals surface area contributed by atoms with Crippen molar-refractivity contribution in [3.05, 3.63) is 0 Å². The normalized spacial score (nSPS) is 21.7. The zero-order chi connectivity index (χ0) is 15.9. The van der Waals surface area contributed by atoms with E-state index < -0.39 is 23.8 Å². The van der Waals surface area contributed by atoms with Crippen molar-refractivity contribution < 1.29 is 19.1 Å². The average Bonchev–Trinajstić information content (AvgIpc) is 2.49. The van der Waals surface area contributed by atoms with Crippen molar-refractivity contribution >= 4 is 23.6 Å². The molecule has 2 aliphatic rings. The molecular weight excluding hydrogens is 288 g/mol. The average molecular weight is 310 g/mol. The van der Waals surface area contributed by atoms with Gasteiger partial charge in [-0.25, -0.2) is 4.79 Å². The van der Waals surface area contributed by atoms with Crippen molar-refractivity contribution in [2.45, 2.75) is 19.8 Å². The molecule has 0 aromatic carbocycles. The van der Waals surface area contributed by atoms with Gasteiger partial charge in [-0.3, -0.25) is 30.1 Å². The second-order valence-corrected chi connectivity index (χ2v) is 5.27. The molecule has 0 atom stereocenters. The summed E-state index contributed by atoms with van der Waals surface area (Å²) in [7, 11) is 0. The quantitative estimate of drug-likeness (QED) is 0.393. The summed E-state index contributed by atoms with van der Waals surface area (Å²) < 4.78 is 5.29. The van der Waals surface area contributed by atoms with Crippen molar-refractivity contribution in [3.8, 4) is 0 Å². The molecule has 0 saturated carbocycles. The first-order valence-electron chi connectivity index (χ1n) is 7.60. The summed E-state index contributed by atoms with van der Waals surface area (Å²) in [5, 5.41) is 4.21. The summed E-state index contributed by atoms with van der Waals surface area (Å²) in [5.41, 5.74) is 0.518. The largest absolute Gasteiger partial charge is 0.379 e. The van der Waals surface area contributed by atoms with Crippen LogP contribution in [-0.2, 0) is 14.3 Å². The minimum Gasteiger partial charge on any atom is -0.379 e. The molecule has 0 aliphatic carbocycles. The fourth-order valence-electron chi connectivity index (χ4n) is 2.57. The molecule has 2 rings (SSSR count). The third-order valence-corrected chi connectivity index (χ3v) is 3.74. The predicted molar refractivity (Wildman–Crippen MR) is 79.6 cm³/mol. The summed E-state index contributed by atoms with van der Waals surface area (Å²) in [6.45, 7) is 6.72. The number of morpholine rings is 1. The van der Waals surface area contributed by atoms with Gasteiger partial charge in [-0.2, -0.15) is 0 Å². The van der Waals surface area contributed by atoms with E-state index in [4.69, 9.17) is 4.74 Å². The van der Waals surface area contributed by atoms with Gasteiger partial charge in [0.15, 0.2) is 5.92 Å². The molecule has 2 saturated heterocycles. The molecule has 2 N–H and O–H groups in total. The van der Waals surface area contributed by atoms with E-state index in [0.29, 0.717) is 18.7 Å². The number of hydrogen-bond acceptors (Lipinski definition) is 6. The van der Waals surface area contributed by atoms with Crippen molar-refractivity contribution in [1.29, 1.82) is 0 Å². The molecule has 0 aromatic heterocycles. The fraction of sp³-hybridized carbons (Fsp3) is 0.714. The van der Waals surface area contributed by atoms with E-state index in [2.05, 4.69) is 20.5 Å². The highest BCUT2D eigenvalue weighted by atomic mass is 16.5. The van der Waals surface area contributed by atoms with Gasteiger partial charge < -0.3 is 4.74 Å². The van der Waals surface area contributed by atoms with Crippen molar-refractivity contribution in [2.75, 3.05) is 39.4 Å². The van der Waals surface area contributed by atoms with Crippen LogP contribution in [0.2, 0.25) is 0 Å². The fourth-order valence-corrected chi connectivity index (χ4v) is 2.57. The Hall–Kier alpha value is -1.80. The number of nitrogens with zero attached hydrogens (tertiary/aromatic N) is 2. The minimum absolute atomic E-state index is 0.497. The number of nitrogens with one attached hydrogen (secondary N) is 2. The van der Waals surface area contributed by atoms with Crippen LogP contribution in [0.5, 0.6) is 0 Å². The number of ether oxygens (including phenoxy) is 1. The molecule has 0 unspecified atom stereocenters. The highest BCUT2D eigenvalue weighted by Crippen LogP contribution is 2.09. The number of hydrogen-bond donors (Lipinski definition) is 2. The number of amides is 4. The van der Waals surface area contributed by atoms with E-state index >= 15 is 0 Å². The number of urea groups is 1. The van der Waals surface area contributed by atoms with Crippen LogP contribution in [0.25, 0.3) is 0 Å². The van der Waals surface area contributed by atoms with Crippen molar-refractivity contribution in [2.24, 2.45) is 10.9 Å². The number of carbonyl (C=O) groups excluding carboxylic acids is 3. The van der Waals surface area contributed by atoms with Crippen LogP contribution < -0.4 is 10.6 Å². The van der Waals surface area contributed by atoms with Gasteiger partial charge >= 0.3 is 6.03 Å². The standard InChI is InChI=1S/C14H22N4O4/c1-2-10(11-12(19)16-14(21)17-13(11)20)15-4-3-5-18-6-8-22-9-7-18/h11H,2-9H2,1H3,(H2,16,17,19,20,21). The smallest absolute Gasteiger partial charge is 0.328 e. The molecule has 22 heavy (non-hydrogen) atoms. The molecule has 2 aliphatic heterocycles. The van der Waals surface area contributed by atoms with Gasteiger partial charge in [0.2, 0.25) is 11.8 Å². The maximum atomic E-state index is 11.8. The number of imide groups is 2. The molecule has 122 valence electrons. The first-order valence-corrected chi connectivity index (χ1v) is 7.60. The van der Waals surface area contributed by atoms with E-state index in [1.165, 1.54) is 0 Å². The molecule has 0 aromatic rings. The second kappa shape index (κ2) is 8.00. The van der Waals surface area contributed by atoms with Crippen LogP contribution in [0.4, 0.5) is 4.79 Å². The van der Waals surface area contributed by atoms with Gasteiger partial charge in [0, 0.05) is 31.9 Å². The molecule has 2 heterocycles. The lowest BCUT2D eigenvalue weighted by Gasteiger charge is -2.26. The monoisotopic (exact) mass is 310 g/mol. The molecule has 0 radical (unpaired) electrons. The van der Waals surface area contributed by atoms with Crippen LogP contribution >= 0.6 is 0 Å². The SMILES string of the molecule is CCC(=NCCCN1CCOCC1)C1C(=O)NC(=O)NC1=O. The lowest BCUT2D eigenvalue weighted by molar-refractivity contribution is -0.132. The first kappa shape index (κ1) is 16.6. The molecule has 2 fully saturated rings.